The van der Waals surface area contributed by atoms with Crippen molar-refractivity contribution in [2.45, 2.75) is 108 Å². The third kappa shape index (κ3) is 3.86. The van der Waals surface area contributed by atoms with Crippen molar-refractivity contribution in [2.24, 2.45) is 22.7 Å². The fourth-order valence-electron chi connectivity index (χ4n) is 6.49. The van der Waals surface area contributed by atoms with Crippen molar-refractivity contribution in [3.05, 3.63) is 14.1 Å². The molecule has 1 saturated heterocycles. The first-order valence-corrected chi connectivity index (χ1v) is 11.6. The highest BCUT2D eigenvalue weighted by molar-refractivity contribution is 7.78. The number of ether oxygens (including phenoxy) is 1. The second kappa shape index (κ2) is 7.96. The van der Waals surface area contributed by atoms with Crippen LogP contribution in [0, 0.1) is 31.8 Å². The van der Waals surface area contributed by atoms with Gasteiger partial charge in [-0.1, -0.05) is 0 Å². The van der Waals surface area contributed by atoms with E-state index in [1.165, 1.54) is 0 Å². The molecular formula is C23H41N3O2S. The number of rotatable bonds is 5. The topological polar surface area (TPSA) is 75.0 Å². The van der Waals surface area contributed by atoms with E-state index in [1.54, 1.807) is 0 Å². The summed E-state index contributed by atoms with van der Waals surface area (Å²) in [7, 11) is 8.08. The molecule has 3 fully saturated rings. The second-order valence-corrected chi connectivity index (χ2v) is 11.2. The Balaban J connectivity index is 1.96. The van der Waals surface area contributed by atoms with Crippen LogP contribution < -0.4 is 10.6 Å². The maximum absolute atomic E-state index is 11.6. The van der Waals surface area contributed by atoms with Crippen molar-refractivity contribution in [1.82, 2.24) is 0 Å². The normalized spacial score (nSPS) is 48.1. The Kier molecular flexibility index (Phi) is 6.40. The summed E-state index contributed by atoms with van der Waals surface area (Å²) in [5.74, 6) is 0.695. The molecule has 0 aromatic heterocycles. The van der Waals surface area contributed by atoms with E-state index in [0.29, 0.717) is 5.92 Å². The van der Waals surface area contributed by atoms with Crippen LogP contribution in [0.25, 0.3) is 0 Å². The Hall–Kier alpha value is -0.360. The summed E-state index contributed by atoms with van der Waals surface area (Å²) < 4.78 is 6.80. The molecule has 1 heterocycles. The van der Waals surface area contributed by atoms with Gasteiger partial charge in [-0.25, -0.2) is 4.99 Å². The first-order valence-electron chi connectivity index (χ1n) is 11.2. The fourth-order valence-corrected chi connectivity index (χ4v) is 6.69. The lowest BCUT2D eigenvalue weighted by Crippen LogP contribution is -2.95. The Morgan fingerprint density at radius 2 is 1.76 bits per heavy atom. The quantitative estimate of drug-likeness (QED) is 0.359. The summed E-state index contributed by atoms with van der Waals surface area (Å²) in [5, 5.41) is 18.2. The minimum Gasteiger partial charge on any atom is -0.472 e. The molecule has 0 bridgehead atoms. The predicted molar refractivity (Wildman–Crippen MR) is 118 cm³/mol. The van der Waals surface area contributed by atoms with E-state index in [-0.39, 0.29) is 40.2 Å². The number of isothiocyanates is 1. The molecular weight excluding hydrogens is 382 g/mol. The summed E-state index contributed by atoms with van der Waals surface area (Å²) in [6.07, 6.45) is 5.68. The summed E-state index contributed by atoms with van der Waals surface area (Å²) in [6, 6.07) is 0. The molecule has 5 nitrogen and oxygen atoms in total. The molecule has 3 rings (SSSR count). The molecule has 0 spiro atoms. The van der Waals surface area contributed by atoms with Crippen LogP contribution in [-0.2, 0) is 4.74 Å². The van der Waals surface area contributed by atoms with E-state index in [9.17, 15) is 5.11 Å². The number of aliphatic hydroxyl groups is 1. The van der Waals surface area contributed by atoms with Gasteiger partial charge in [0.1, 0.15) is 12.2 Å². The van der Waals surface area contributed by atoms with Crippen molar-refractivity contribution in [3.63, 3.8) is 0 Å². The molecule has 8 unspecified atom stereocenters. The van der Waals surface area contributed by atoms with E-state index in [4.69, 9.17) is 17.0 Å². The van der Waals surface area contributed by atoms with Crippen LogP contribution in [0.3, 0.4) is 0 Å². The van der Waals surface area contributed by atoms with Gasteiger partial charge >= 0.3 is 0 Å². The molecule has 0 amide bonds. The molecule has 2 saturated carbocycles. The van der Waals surface area contributed by atoms with Gasteiger partial charge in [0.15, 0.2) is 0 Å². The van der Waals surface area contributed by atoms with Crippen LogP contribution >= 0.6 is 12.2 Å². The number of quaternary nitrogens is 2. The van der Waals surface area contributed by atoms with Crippen LogP contribution in [0.15, 0.2) is 4.99 Å². The van der Waals surface area contributed by atoms with E-state index in [2.05, 4.69) is 58.9 Å². The standard InChI is InChI=1S/C23H41N3O2S/c1-20(2,24-6)17-10-13-23(5,28-17)16-9-11-21(3,26-14-29)15-8-12-22(4,25-7)19(27)18(15)16/h15-19,27H,6-13,24-25H2,1-5H3. The number of hydrogen-bond donors (Lipinski definition) is 3. The van der Waals surface area contributed by atoms with Gasteiger partial charge in [-0.15, -0.1) is 0 Å². The zero-order valence-electron chi connectivity index (χ0n) is 18.9. The maximum Gasteiger partial charge on any atom is 0.110 e. The lowest BCUT2D eigenvalue weighted by Gasteiger charge is -2.58. The van der Waals surface area contributed by atoms with Crippen molar-refractivity contribution in [3.8, 4) is 0 Å². The van der Waals surface area contributed by atoms with Crippen LogP contribution in [0.1, 0.15) is 73.1 Å². The molecule has 0 aromatic carbocycles. The number of fused-ring (bicyclic) bond motifs is 1. The first kappa shape index (κ1) is 23.3. The third-order valence-corrected chi connectivity index (χ3v) is 9.04. The number of hydrogen-bond acceptors (Lipinski definition) is 4. The average Bonchev–Trinajstić information content (AvgIpc) is 3.09. The van der Waals surface area contributed by atoms with Gasteiger partial charge in [0.25, 0.3) is 0 Å². The highest BCUT2D eigenvalue weighted by atomic mass is 32.1. The van der Waals surface area contributed by atoms with Crippen molar-refractivity contribution < 1.29 is 20.5 Å². The minimum absolute atomic E-state index is 0.0528. The van der Waals surface area contributed by atoms with Crippen molar-refractivity contribution >= 4 is 17.4 Å². The SMILES string of the molecule is [CH2-][NH2+]C(C)(C)C1CCC(C)(C2CCC(C)(N=C=S)C3CCC(C)([NH2+][CH2-])C(O)C32)O1. The molecule has 3 aliphatic rings. The number of aliphatic hydroxyl groups excluding tert-OH is 1. The smallest absolute Gasteiger partial charge is 0.110 e. The maximum atomic E-state index is 11.6. The van der Waals surface area contributed by atoms with E-state index in [1.807, 2.05) is 10.6 Å². The Morgan fingerprint density at radius 1 is 1.10 bits per heavy atom. The summed E-state index contributed by atoms with van der Waals surface area (Å²) >= 11 is 4.99. The monoisotopic (exact) mass is 423 g/mol. The van der Waals surface area contributed by atoms with Crippen LogP contribution in [-0.4, -0.2) is 44.7 Å². The van der Waals surface area contributed by atoms with E-state index in [0.717, 1.165) is 38.5 Å². The Labute approximate surface area is 182 Å². The second-order valence-electron chi connectivity index (χ2n) is 11.1. The molecule has 8 atom stereocenters. The molecule has 5 N–H and O–H groups in total. The Bertz CT molecular complexity index is 667. The lowest BCUT2D eigenvalue weighted by atomic mass is 9.51. The lowest BCUT2D eigenvalue weighted by molar-refractivity contribution is -0.688. The third-order valence-electron chi connectivity index (χ3n) is 8.95. The molecule has 1 aliphatic heterocycles. The van der Waals surface area contributed by atoms with Gasteiger partial charge < -0.3 is 20.5 Å². The minimum atomic E-state index is -0.449. The summed E-state index contributed by atoms with van der Waals surface area (Å²) in [5.41, 5.74) is -0.811. The number of thiocarbonyl (C=S) groups is 1. The van der Waals surface area contributed by atoms with Gasteiger partial charge in [0, 0.05) is 12.3 Å². The molecule has 0 radical (unpaired) electrons. The number of nitrogens with two attached hydrogens (primary N) is 2. The Morgan fingerprint density at radius 3 is 2.34 bits per heavy atom. The zero-order valence-corrected chi connectivity index (χ0v) is 19.7. The molecule has 29 heavy (non-hydrogen) atoms. The van der Waals surface area contributed by atoms with Crippen LogP contribution in [0.4, 0.5) is 0 Å². The molecule has 6 heteroatoms. The highest BCUT2D eigenvalue weighted by Crippen LogP contribution is 2.57. The average molecular weight is 424 g/mol. The van der Waals surface area contributed by atoms with Gasteiger partial charge in [-0.3, -0.25) is 0 Å². The van der Waals surface area contributed by atoms with Gasteiger partial charge in [-0.2, -0.15) is 14.1 Å². The molecule has 2 aliphatic carbocycles. The first-order chi connectivity index (χ1) is 13.5. The number of nitrogens with zero attached hydrogens (tertiary/aromatic N) is 1. The summed E-state index contributed by atoms with van der Waals surface area (Å²) in [4.78, 5) is 4.63. The van der Waals surface area contributed by atoms with Gasteiger partial charge in [0.05, 0.1) is 27.4 Å². The van der Waals surface area contributed by atoms with Crippen molar-refractivity contribution in [2.75, 3.05) is 0 Å². The largest absolute Gasteiger partial charge is 0.472 e. The van der Waals surface area contributed by atoms with E-state index < -0.39 is 6.10 Å². The zero-order chi connectivity index (χ0) is 21.7. The van der Waals surface area contributed by atoms with E-state index >= 15 is 0 Å². The van der Waals surface area contributed by atoms with Gasteiger partial charge in [-0.05, 0) is 90.8 Å². The van der Waals surface area contributed by atoms with Crippen LogP contribution in [0.5, 0.6) is 0 Å². The predicted octanol–water partition coefficient (Wildman–Crippen LogP) is 1.83. The van der Waals surface area contributed by atoms with Crippen molar-refractivity contribution in [1.29, 1.82) is 0 Å². The van der Waals surface area contributed by atoms with Crippen LogP contribution in [0.2, 0.25) is 0 Å². The van der Waals surface area contributed by atoms with Gasteiger partial charge in [0.2, 0.25) is 0 Å². The molecule has 0 aromatic rings. The molecule has 166 valence electrons. The highest BCUT2D eigenvalue weighted by Gasteiger charge is 2.61. The summed E-state index contributed by atoms with van der Waals surface area (Å²) in [6.45, 7) is 11.0. The number of aliphatic imine (C=N–C) groups is 1. The fraction of sp³-hybridized carbons (Fsp3) is 0.870.